The van der Waals surface area contributed by atoms with Gasteiger partial charge in [0.2, 0.25) is 27.7 Å². The molecule has 0 radical (unpaired) electrons. The Kier molecular flexibility index (Phi) is 13.0. The minimum Gasteiger partial charge on any atom is -0.444 e. The molecule has 298 valence electrons. The van der Waals surface area contributed by atoms with Gasteiger partial charge in [0.1, 0.15) is 23.3 Å². The third-order valence-corrected chi connectivity index (χ3v) is 12.6. The number of nitrogens with zero attached hydrogens (tertiary/aromatic N) is 1. The van der Waals surface area contributed by atoms with Crippen molar-refractivity contribution in [3.05, 3.63) is 85.5 Å². The molecule has 4 amide bonds. The second-order valence-electron chi connectivity index (χ2n) is 16.1. The van der Waals surface area contributed by atoms with Crippen molar-refractivity contribution in [3.63, 3.8) is 0 Å². The van der Waals surface area contributed by atoms with Crippen LogP contribution in [0.25, 0.3) is 11.1 Å². The van der Waals surface area contributed by atoms with Gasteiger partial charge < -0.3 is 25.0 Å². The molecule has 2 saturated carbocycles. The van der Waals surface area contributed by atoms with Crippen LogP contribution in [0.4, 0.5) is 4.79 Å². The first kappa shape index (κ1) is 41.7. The van der Waals surface area contributed by atoms with Crippen LogP contribution in [0.2, 0.25) is 0 Å². The number of amides is 4. The van der Waals surface area contributed by atoms with E-state index in [-0.39, 0.29) is 25.3 Å². The Hall–Kier alpha value is -4.49. The molecule has 55 heavy (non-hydrogen) atoms. The number of carbonyl (C=O) groups is 4. The van der Waals surface area contributed by atoms with Gasteiger partial charge in [-0.05, 0) is 76.0 Å². The number of allylic oxidation sites excluding steroid dienone is 1. The van der Waals surface area contributed by atoms with Gasteiger partial charge in [-0.1, -0.05) is 79.6 Å². The van der Waals surface area contributed by atoms with Gasteiger partial charge in [0.15, 0.2) is 0 Å². The van der Waals surface area contributed by atoms with E-state index in [1.54, 1.807) is 34.0 Å². The Labute approximate surface area is 325 Å². The molecule has 3 fully saturated rings. The molecular formula is C42H56N4O8S. The highest BCUT2D eigenvalue weighted by atomic mass is 32.2. The van der Waals surface area contributed by atoms with Crippen molar-refractivity contribution in [2.24, 2.45) is 5.92 Å². The average Bonchev–Trinajstić information content (AvgIpc) is 4.07. The summed E-state index contributed by atoms with van der Waals surface area (Å²) in [7, 11) is -2.24. The number of ether oxygens (including phenoxy) is 2. The molecule has 3 N–H and O–H groups in total. The van der Waals surface area contributed by atoms with Crippen LogP contribution in [0.5, 0.6) is 0 Å². The van der Waals surface area contributed by atoms with Crippen LogP contribution in [0.15, 0.2) is 79.9 Å². The molecule has 0 aromatic heterocycles. The van der Waals surface area contributed by atoms with Gasteiger partial charge in [-0.3, -0.25) is 19.1 Å². The van der Waals surface area contributed by atoms with Crippen LogP contribution < -0.4 is 15.4 Å². The van der Waals surface area contributed by atoms with Crippen LogP contribution in [-0.4, -0.2) is 79.3 Å². The number of carbonyl (C=O) groups excluding carboxylic acids is 4. The maximum atomic E-state index is 14.7. The zero-order chi connectivity index (χ0) is 40.0. The molecule has 12 nitrogen and oxygen atoms in total. The molecule has 5 atom stereocenters. The summed E-state index contributed by atoms with van der Waals surface area (Å²) in [6.45, 7) is 12.9. The largest absolute Gasteiger partial charge is 0.444 e. The number of alkyl carbamates (subject to hydrolysis) is 1. The summed E-state index contributed by atoms with van der Waals surface area (Å²) in [5.41, 5.74) is -0.200. The number of benzene rings is 2. The number of sulfonamides is 1. The van der Waals surface area contributed by atoms with E-state index in [9.17, 15) is 27.6 Å². The summed E-state index contributed by atoms with van der Waals surface area (Å²) in [4.78, 5) is 56.9. The van der Waals surface area contributed by atoms with Crippen molar-refractivity contribution in [1.82, 2.24) is 20.3 Å². The van der Waals surface area contributed by atoms with Crippen LogP contribution in [0.1, 0.15) is 90.5 Å². The first-order chi connectivity index (χ1) is 26.0. The summed E-state index contributed by atoms with van der Waals surface area (Å²) >= 11 is 0. The highest BCUT2D eigenvalue weighted by molar-refractivity contribution is 7.90. The SMILES string of the molecule is C=CCCCCC[C@H](NC(=O)OC(C)(C)C)C(=O)N1C[C@](OC)(c2ccc(-c3ccccc3)cc2)C[C@H]1C(=O)N[C@]1(CC(=O)NS(=O)(=O)C2CC2)C[C@H]1C=C. The third kappa shape index (κ3) is 10.4. The monoisotopic (exact) mass is 776 g/mol. The topological polar surface area (TPSA) is 160 Å². The summed E-state index contributed by atoms with van der Waals surface area (Å²) in [6.07, 6.45) is 7.36. The average molecular weight is 777 g/mol. The van der Waals surface area contributed by atoms with Crippen LogP contribution in [-0.2, 0) is 39.5 Å². The van der Waals surface area contributed by atoms with Crippen molar-refractivity contribution in [1.29, 1.82) is 0 Å². The van der Waals surface area contributed by atoms with E-state index in [1.807, 2.05) is 60.7 Å². The number of rotatable bonds is 18. The lowest BCUT2D eigenvalue weighted by molar-refractivity contribution is -0.141. The van der Waals surface area contributed by atoms with E-state index in [0.717, 1.165) is 36.0 Å². The second kappa shape index (κ2) is 17.1. The van der Waals surface area contributed by atoms with Gasteiger partial charge in [0, 0.05) is 19.4 Å². The molecule has 13 heteroatoms. The van der Waals surface area contributed by atoms with E-state index in [1.165, 1.54) is 4.90 Å². The fraction of sp³-hybridized carbons (Fsp3) is 0.524. The minimum absolute atomic E-state index is 0.00602. The Morgan fingerprint density at radius 3 is 2.22 bits per heavy atom. The zero-order valence-electron chi connectivity index (χ0n) is 32.5. The van der Waals surface area contributed by atoms with Gasteiger partial charge in [-0.25, -0.2) is 13.2 Å². The number of hydrogen-bond acceptors (Lipinski definition) is 8. The van der Waals surface area contributed by atoms with Crippen molar-refractivity contribution < 1.29 is 37.1 Å². The highest BCUT2D eigenvalue weighted by Crippen LogP contribution is 2.48. The molecule has 0 spiro atoms. The van der Waals surface area contributed by atoms with Gasteiger partial charge in [0.05, 0.1) is 23.8 Å². The third-order valence-electron chi connectivity index (χ3n) is 10.7. The van der Waals surface area contributed by atoms with Crippen molar-refractivity contribution in [2.45, 2.75) is 119 Å². The molecular weight excluding hydrogens is 721 g/mol. The predicted octanol–water partition coefficient (Wildman–Crippen LogP) is 5.89. The van der Waals surface area contributed by atoms with Crippen molar-refractivity contribution in [2.75, 3.05) is 13.7 Å². The molecule has 1 saturated heterocycles. The molecule has 1 heterocycles. The molecule has 1 aliphatic heterocycles. The molecule has 2 aromatic carbocycles. The molecule has 2 aromatic rings. The fourth-order valence-corrected chi connectivity index (χ4v) is 8.75. The number of likely N-dealkylation sites (tertiary alicyclic amines) is 1. The lowest BCUT2D eigenvalue weighted by atomic mass is 9.89. The quantitative estimate of drug-likeness (QED) is 0.125. The maximum Gasteiger partial charge on any atom is 0.408 e. The van der Waals surface area contributed by atoms with E-state index in [4.69, 9.17) is 9.47 Å². The lowest BCUT2D eigenvalue weighted by Crippen LogP contribution is -2.56. The highest BCUT2D eigenvalue weighted by Gasteiger charge is 2.58. The first-order valence-corrected chi connectivity index (χ1v) is 20.7. The molecule has 0 unspecified atom stereocenters. The summed E-state index contributed by atoms with van der Waals surface area (Å²) in [6, 6.07) is 15.7. The Morgan fingerprint density at radius 2 is 1.64 bits per heavy atom. The Bertz CT molecular complexity index is 1840. The molecule has 0 bridgehead atoms. The van der Waals surface area contributed by atoms with E-state index in [0.29, 0.717) is 32.1 Å². The van der Waals surface area contributed by atoms with Crippen molar-refractivity contribution in [3.8, 4) is 11.1 Å². The first-order valence-electron chi connectivity index (χ1n) is 19.2. The minimum atomic E-state index is -3.79. The second-order valence-corrected chi connectivity index (χ2v) is 18.1. The standard InChI is InChI=1S/C42H56N4O8S/c1-7-9-10-11-15-18-34(43-39(50)54-40(3,4)5)38(49)46-28-42(53-6,32-21-19-30(20-22-32)29-16-13-12-14-17-29)26-35(46)37(48)44-41(25-31(41)8-2)27-36(47)45-55(51,52)33-23-24-33/h7-8,12-14,16-17,19-22,31,33-35H,1-2,9-11,15,18,23-28H2,3-6H3,(H,43,50)(H,44,48)(H,45,47)/t31-,34+,35+,41+,42+/m1/s1. The van der Waals surface area contributed by atoms with E-state index >= 15 is 0 Å². The molecule has 2 aliphatic carbocycles. The summed E-state index contributed by atoms with van der Waals surface area (Å²) in [5, 5.41) is 5.24. The molecule has 5 rings (SSSR count). The van der Waals surface area contributed by atoms with Gasteiger partial charge in [-0.2, -0.15) is 0 Å². The van der Waals surface area contributed by atoms with Crippen molar-refractivity contribution >= 4 is 33.8 Å². The Balaban J connectivity index is 1.45. The number of nitrogens with one attached hydrogen (secondary N) is 3. The smallest absolute Gasteiger partial charge is 0.408 e. The number of hydrogen-bond donors (Lipinski definition) is 3. The van der Waals surface area contributed by atoms with Crippen LogP contribution in [0.3, 0.4) is 0 Å². The predicted molar refractivity (Wildman–Crippen MR) is 211 cm³/mol. The Morgan fingerprint density at radius 1 is 0.964 bits per heavy atom. The number of methoxy groups -OCH3 is 1. The lowest BCUT2D eigenvalue weighted by Gasteiger charge is -2.31. The molecule has 3 aliphatic rings. The summed E-state index contributed by atoms with van der Waals surface area (Å²) < 4.78 is 39.1. The fourth-order valence-electron chi connectivity index (χ4n) is 7.44. The van der Waals surface area contributed by atoms with Crippen LogP contribution >= 0.6 is 0 Å². The zero-order valence-corrected chi connectivity index (χ0v) is 33.3. The number of unbranched alkanes of at least 4 members (excludes halogenated alkanes) is 3. The maximum absolute atomic E-state index is 14.7. The van der Waals surface area contributed by atoms with E-state index < -0.39 is 67.9 Å². The van der Waals surface area contributed by atoms with Crippen LogP contribution in [0, 0.1) is 5.92 Å². The summed E-state index contributed by atoms with van der Waals surface area (Å²) in [5.74, 6) is -1.98. The normalized spacial score (nSPS) is 24.0. The van der Waals surface area contributed by atoms with Gasteiger partial charge >= 0.3 is 6.09 Å². The van der Waals surface area contributed by atoms with Gasteiger partial charge in [0.25, 0.3) is 0 Å². The van der Waals surface area contributed by atoms with Gasteiger partial charge in [-0.15, -0.1) is 13.2 Å². The van der Waals surface area contributed by atoms with E-state index in [2.05, 4.69) is 28.5 Å².